The fourth-order valence-corrected chi connectivity index (χ4v) is 5.27. The van der Waals surface area contributed by atoms with Crippen LogP contribution >= 0.6 is 23.5 Å². The maximum Gasteiger partial charge on any atom is 0.134 e. The van der Waals surface area contributed by atoms with Crippen molar-refractivity contribution in [3.63, 3.8) is 0 Å². The van der Waals surface area contributed by atoms with Gasteiger partial charge in [0.2, 0.25) is 0 Å². The lowest BCUT2D eigenvalue weighted by atomic mass is 10.1. The molecule has 0 amide bonds. The summed E-state index contributed by atoms with van der Waals surface area (Å²) in [5, 5.41) is 0. The maximum atomic E-state index is 6.84. The number of aryl methyl sites for hydroxylation is 2. The van der Waals surface area contributed by atoms with Crippen LogP contribution in [0.3, 0.4) is 0 Å². The molecule has 0 radical (unpaired) electrons. The van der Waals surface area contributed by atoms with Crippen LogP contribution in [-0.2, 0) is 4.74 Å². The van der Waals surface area contributed by atoms with Crippen LogP contribution in [0.1, 0.15) is 33.1 Å². The van der Waals surface area contributed by atoms with E-state index in [2.05, 4.69) is 111 Å². The van der Waals surface area contributed by atoms with Gasteiger partial charge in [0.25, 0.3) is 0 Å². The highest BCUT2D eigenvalue weighted by Gasteiger charge is 2.22. The summed E-state index contributed by atoms with van der Waals surface area (Å²) >= 11 is 3.50. The van der Waals surface area contributed by atoms with E-state index in [0.717, 1.165) is 0 Å². The minimum atomic E-state index is -0.120. The van der Waals surface area contributed by atoms with Gasteiger partial charge >= 0.3 is 0 Å². The van der Waals surface area contributed by atoms with Gasteiger partial charge in [-0.25, -0.2) is 0 Å². The van der Waals surface area contributed by atoms with E-state index in [-0.39, 0.29) is 10.9 Å². The minimum Gasteiger partial charge on any atom is -0.343 e. The SMILES string of the molecule is Cc1ccc(C(OC(Sc2ccccc2)c2ccc(C)cc2)Sc2ccccc2)cc1. The van der Waals surface area contributed by atoms with Crippen molar-refractivity contribution in [1.82, 2.24) is 0 Å². The maximum absolute atomic E-state index is 6.84. The Balaban J connectivity index is 1.66. The van der Waals surface area contributed by atoms with E-state index < -0.39 is 0 Å². The van der Waals surface area contributed by atoms with Gasteiger partial charge in [0.1, 0.15) is 10.9 Å². The molecule has 0 aliphatic carbocycles. The summed E-state index contributed by atoms with van der Waals surface area (Å²) in [7, 11) is 0. The van der Waals surface area contributed by atoms with Crippen molar-refractivity contribution in [2.75, 3.05) is 0 Å². The van der Waals surface area contributed by atoms with Crippen molar-refractivity contribution < 1.29 is 4.74 Å². The van der Waals surface area contributed by atoms with E-state index in [0.29, 0.717) is 0 Å². The summed E-state index contributed by atoms with van der Waals surface area (Å²) in [6, 6.07) is 38.3. The third-order valence-electron chi connectivity index (χ3n) is 4.92. The number of ether oxygens (including phenoxy) is 1. The van der Waals surface area contributed by atoms with Crippen molar-refractivity contribution in [2.45, 2.75) is 34.5 Å². The van der Waals surface area contributed by atoms with E-state index in [1.54, 1.807) is 23.5 Å². The van der Waals surface area contributed by atoms with Crippen molar-refractivity contribution in [2.24, 2.45) is 0 Å². The summed E-state index contributed by atoms with van der Waals surface area (Å²) in [6.07, 6.45) is 0. The highest BCUT2D eigenvalue weighted by atomic mass is 32.2. The second-order valence-corrected chi connectivity index (χ2v) is 9.75. The number of rotatable bonds is 8. The average Bonchev–Trinajstić information content (AvgIpc) is 2.80. The van der Waals surface area contributed by atoms with E-state index >= 15 is 0 Å². The first-order chi connectivity index (χ1) is 15.2. The molecule has 4 aromatic rings. The Bertz CT molecular complexity index is 973. The van der Waals surface area contributed by atoms with Crippen LogP contribution in [0.15, 0.2) is 119 Å². The smallest absolute Gasteiger partial charge is 0.134 e. The number of hydrogen-bond donors (Lipinski definition) is 0. The number of thioether (sulfide) groups is 2. The van der Waals surface area contributed by atoms with Gasteiger partial charge in [-0.1, -0.05) is 120 Å². The third-order valence-corrected chi connectivity index (χ3v) is 7.20. The monoisotopic (exact) mass is 442 g/mol. The molecule has 4 rings (SSSR count). The Hall–Kier alpha value is -2.46. The van der Waals surface area contributed by atoms with Crippen LogP contribution in [-0.4, -0.2) is 0 Å². The molecule has 1 nitrogen and oxygen atoms in total. The van der Waals surface area contributed by atoms with Crippen molar-refractivity contribution >= 4 is 23.5 Å². The Labute approximate surface area is 193 Å². The fourth-order valence-electron chi connectivity index (χ4n) is 3.15. The van der Waals surface area contributed by atoms with Crippen LogP contribution in [0.4, 0.5) is 0 Å². The highest BCUT2D eigenvalue weighted by Crippen LogP contribution is 2.45. The van der Waals surface area contributed by atoms with Crippen LogP contribution in [0, 0.1) is 13.8 Å². The van der Waals surface area contributed by atoms with Crippen molar-refractivity contribution in [3.8, 4) is 0 Å². The molecule has 156 valence electrons. The van der Waals surface area contributed by atoms with Gasteiger partial charge < -0.3 is 4.74 Å². The first-order valence-electron chi connectivity index (χ1n) is 10.4. The largest absolute Gasteiger partial charge is 0.343 e. The summed E-state index contributed by atoms with van der Waals surface area (Å²) in [5.41, 5.74) is 4.60. The summed E-state index contributed by atoms with van der Waals surface area (Å²) < 4.78 is 6.84. The predicted molar refractivity (Wildman–Crippen MR) is 134 cm³/mol. The minimum absolute atomic E-state index is 0.120. The molecule has 0 aliphatic heterocycles. The molecule has 0 fully saturated rings. The first kappa shape index (κ1) is 21.8. The van der Waals surface area contributed by atoms with Crippen molar-refractivity contribution in [3.05, 3.63) is 131 Å². The van der Waals surface area contributed by atoms with Crippen LogP contribution in [0.25, 0.3) is 0 Å². The molecule has 0 bridgehead atoms. The molecule has 4 aromatic carbocycles. The summed E-state index contributed by atoms with van der Waals surface area (Å²) in [4.78, 5) is 2.39. The predicted octanol–water partition coefficient (Wildman–Crippen LogP) is 8.60. The van der Waals surface area contributed by atoms with Crippen LogP contribution in [0.5, 0.6) is 0 Å². The quantitative estimate of drug-likeness (QED) is 0.200. The lowest BCUT2D eigenvalue weighted by Gasteiger charge is -2.25. The third kappa shape index (κ3) is 6.27. The summed E-state index contributed by atoms with van der Waals surface area (Å²) in [6.45, 7) is 4.23. The molecule has 0 N–H and O–H groups in total. The van der Waals surface area contributed by atoms with Gasteiger partial charge in [0, 0.05) is 9.79 Å². The second-order valence-electron chi connectivity index (χ2n) is 7.48. The van der Waals surface area contributed by atoms with E-state index in [1.165, 1.54) is 32.0 Å². The Morgan fingerprint density at radius 3 is 1.19 bits per heavy atom. The second kappa shape index (κ2) is 10.7. The zero-order chi connectivity index (χ0) is 21.5. The molecule has 2 unspecified atom stereocenters. The molecule has 0 aliphatic rings. The lowest BCUT2D eigenvalue weighted by Crippen LogP contribution is -2.06. The molecule has 3 heteroatoms. The molecular formula is C28H26OS2. The molecule has 0 heterocycles. The van der Waals surface area contributed by atoms with Crippen LogP contribution in [0.2, 0.25) is 0 Å². The molecule has 0 saturated heterocycles. The Morgan fingerprint density at radius 2 is 0.839 bits per heavy atom. The number of hydrogen-bond acceptors (Lipinski definition) is 3. The van der Waals surface area contributed by atoms with Gasteiger partial charge in [-0.3, -0.25) is 0 Å². The molecule has 0 spiro atoms. The van der Waals surface area contributed by atoms with Gasteiger partial charge in [-0.15, -0.1) is 0 Å². The zero-order valence-electron chi connectivity index (χ0n) is 17.8. The molecular weight excluding hydrogens is 416 g/mol. The highest BCUT2D eigenvalue weighted by molar-refractivity contribution is 8.00. The van der Waals surface area contributed by atoms with E-state index in [4.69, 9.17) is 4.74 Å². The normalized spacial score (nSPS) is 13.0. The van der Waals surface area contributed by atoms with Crippen LogP contribution < -0.4 is 0 Å². The summed E-state index contributed by atoms with van der Waals surface area (Å²) in [5.74, 6) is 0. The van der Waals surface area contributed by atoms with E-state index in [1.807, 2.05) is 12.1 Å². The molecule has 0 aromatic heterocycles. The van der Waals surface area contributed by atoms with Crippen molar-refractivity contribution in [1.29, 1.82) is 0 Å². The standard InChI is InChI=1S/C28H26OS2/c1-21-13-17-23(18-14-21)27(30-25-9-5-3-6-10-25)29-28(24-19-15-22(2)16-20-24)31-26-11-7-4-8-12-26/h3-20,27-28H,1-2H3. The Morgan fingerprint density at radius 1 is 0.484 bits per heavy atom. The molecule has 31 heavy (non-hydrogen) atoms. The topological polar surface area (TPSA) is 9.23 Å². The van der Waals surface area contributed by atoms with Gasteiger partial charge in [0.15, 0.2) is 0 Å². The molecule has 0 saturated carbocycles. The van der Waals surface area contributed by atoms with Gasteiger partial charge in [-0.05, 0) is 49.2 Å². The lowest BCUT2D eigenvalue weighted by molar-refractivity contribution is 0.0919. The number of benzene rings is 4. The van der Waals surface area contributed by atoms with E-state index in [9.17, 15) is 0 Å². The first-order valence-corrected chi connectivity index (χ1v) is 12.2. The van der Waals surface area contributed by atoms with Gasteiger partial charge in [-0.2, -0.15) is 0 Å². The zero-order valence-corrected chi connectivity index (χ0v) is 19.4. The molecule has 2 atom stereocenters. The average molecular weight is 443 g/mol. The fraction of sp³-hybridized carbons (Fsp3) is 0.143. The Kier molecular flexibility index (Phi) is 7.52. The van der Waals surface area contributed by atoms with Gasteiger partial charge in [0.05, 0.1) is 0 Å².